The molecule has 0 aromatic rings. The molecule has 0 bridgehead atoms. The van der Waals surface area contributed by atoms with Gasteiger partial charge in [-0.25, -0.2) is 0 Å². The maximum atomic E-state index is 12.9. The molecule has 0 spiro atoms. The Bertz CT molecular complexity index is 208. The van der Waals surface area contributed by atoms with Gasteiger partial charge in [0.2, 0.25) is 0 Å². The highest BCUT2D eigenvalue weighted by atomic mass is 35.5. The van der Waals surface area contributed by atoms with Crippen LogP contribution in [0.5, 0.6) is 0 Å². The Labute approximate surface area is 74.2 Å². The average Bonchev–Trinajstić information content (AvgIpc) is 1.88. The van der Waals surface area contributed by atoms with E-state index < -0.39 is 16.2 Å². The molecular formula is C7H8Cl2F2. The predicted octanol–water partition coefficient (Wildman–Crippen LogP) is 3.39. The molecule has 0 heterocycles. The van der Waals surface area contributed by atoms with Gasteiger partial charge in [-0.15, -0.1) is 0 Å². The van der Waals surface area contributed by atoms with Crippen LogP contribution in [-0.2, 0) is 0 Å². The van der Waals surface area contributed by atoms with Crippen molar-refractivity contribution in [1.82, 2.24) is 0 Å². The zero-order chi connectivity index (χ0) is 8.86. The summed E-state index contributed by atoms with van der Waals surface area (Å²) in [6.07, 6.45) is 1.37. The first-order valence-electron chi connectivity index (χ1n) is 3.28. The number of hydrogen-bond acceptors (Lipinski definition) is 0. The van der Waals surface area contributed by atoms with E-state index in [4.69, 9.17) is 23.2 Å². The van der Waals surface area contributed by atoms with E-state index in [0.717, 1.165) is 0 Å². The number of halogens is 4. The van der Waals surface area contributed by atoms with Crippen LogP contribution < -0.4 is 0 Å². The average molecular weight is 201 g/mol. The highest BCUT2D eigenvalue weighted by Gasteiger charge is 2.68. The summed E-state index contributed by atoms with van der Waals surface area (Å²) in [7, 11) is 0. The molecule has 0 amide bonds. The zero-order valence-electron chi connectivity index (χ0n) is 6.17. The first-order chi connectivity index (χ1) is 4.85. The van der Waals surface area contributed by atoms with E-state index >= 15 is 0 Å². The third-order valence-corrected chi connectivity index (χ3v) is 3.23. The molecule has 1 aliphatic rings. The van der Waals surface area contributed by atoms with Gasteiger partial charge in [-0.1, -0.05) is 36.2 Å². The highest BCUT2D eigenvalue weighted by molar-refractivity contribution is 6.50. The number of allylic oxidation sites excluding steroid dienone is 2. The van der Waals surface area contributed by atoms with Crippen LogP contribution >= 0.6 is 23.2 Å². The van der Waals surface area contributed by atoms with Gasteiger partial charge >= 0.3 is 5.92 Å². The first-order valence-corrected chi connectivity index (χ1v) is 4.03. The number of hydrogen-bond donors (Lipinski definition) is 0. The lowest BCUT2D eigenvalue weighted by Crippen LogP contribution is -2.58. The van der Waals surface area contributed by atoms with E-state index in [0.29, 0.717) is 0 Å². The van der Waals surface area contributed by atoms with Gasteiger partial charge in [0.05, 0.1) is 0 Å². The standard InChI is InChI=1S/C7H8Cl2F2/c1-3-5-4(2)6(8,9)7(5,10)11/h3-4H,1-2H3/b5-3+/t4-/m1/s1. The third kappa shape index (κ3) is 0.922. The minimum atomic E-state index is -3.05. The molecule has 1 aliphatic carbocycles. The van der Waals surface area contributed by atoms with Gasteiger partial charge < -0.3 is 0 Å². The zero-order valence-corrected chi connectivity index (χ0v) is 7.68. The van der Waals surface area contributed by atoms with Crippen molar-refractivity contribution in [2.24, 2.45) is 5.92 Å². The van der Waals surface area contributed by atoms with Crippen molar-refractivity contribution in [3.63, 3.8) is 0 Å². The minimum absolute atomic E-state index is 0.0301. The number of alkyl halides is 4. The van der Waals surface area contributed by atoms with Crippen LogP contribution in [0.3, 0.4) is 0 Å². The fourth-order valence-corrected chi connectivity index (χ4v) is 1.74. The molecule has 0 nitrogen and oxygen atoms in total. The van der Waals surface area contributed by atoms with Gasteiger partial charge in [0.25, 0.3) is 0 Å². The van der Waals surface area contributed by atoms with Crippen molar-refractivity contribution in [2.75, 3.05) is 0 Å². The lowest BCUT2D eigenvalue weighted by atomic mass is 9.75. The first kappa shape index (κ1) is 9.27. The van der Waals surface area contributed by atoms with Crippen LogP contribution in [0.4, 0.5) is 8.78 Å². The highest BCUT2D eigenvalue weighted by Crippen LogP contribution is 2.61. The maximum Gasteiger partial charge on any atom is 0.302 e. The van der Waals surface area contributed by atoms with Crippen LogP contribution in [-0.4, -0.2) is 10.3 Å². The van der Waals surface area contributed by atoms with Gasteiger partial charge in [0.15, 0.2) is 4.33 Å². The van der Waals surface area contributed by atoms with Gasteiger partial charge in [0, 0.05) is 11.5 Å². The van der Waals surface area contributed by atoms with Gasteiger partial charge in [-0.3, -0.25) is 0 Å². The summed E-state index contributed by atoms with van der Waals surface area (Å²) in [5.41, 5.74) is 0.0301. The second kappa shape index (κ2) is 2.33. The van der Waals surface area contributed by atoms with Crippen molar-refractivity contribution < 1.29 is 8.78 Å². The Kier molecular flexibility index (Phi) is 1.97. The van der Waals surface area contributed by atoms with Crippen LogP contribution in [0.15, 0.2) is 11.6 Å². The fraction of sp³-hybridized carbons (Fsp3) is 0.714. The monoisotopic (exact) mass is 200 g/mol. The van der Waals surface area contributed by atoms with Crippen molar-refractivity contribution >= 4 is 23.2 Å². The van der Waals surface area contributed by atoms with E-state index in [9.17, 15) is 8.78 Å². The summed E-state index contributed by atoms with van der Waals surface area (Å²) in [4.78, 5) is 0. The van der Waals surface area contributed by atoms with Crippen LogP contribution in [0.1, 0.15) is 13.8 Å². The van der Waals surface area contributed by atoms with Gasteiger partial charge in [0.1, 0.15) is 0 Å². The smallest absolute Gasteiger partial charge is 0.198 e. The normalized spacial score (nSPS) is 36.9. The molecule has 1 saturated carbocycles. The van der Waals surface area contributed by atoms with Crippen LogP contribution in [0, 0.1) is 5.92 Å². The largest absolute Gasteiger partial charge is 0.302 e. The summed E-state index contributed by atoms with van der Waals surface area (Å²) >= 11 is 10.8. The van der Waals surface area contributed by atoms with E-state index in [1.54, 1.807) is 13.8 Å². The summed E-state index contributed by atoms with van der Waals surface area (Å²) < 4.78 is 23.9. The Morgan fingerprint density at radius 2 is 1.91 bits per heavy atom. The van der Waals surface area contributed by atoms with Crippen molar-refractivity contribution in [3.8, 4) is 0 Å². The van der Waals surface area contributed by atoms with Crippen molar-refractivity contribution in [1.29, 1.82) is 0 Å². The molecular weight excluding hydrogens is 193 g/mol. The molecule has 0 radical (unpaired) electrons. The topological polar surface area (TPSA) is 0 Å². The molecule has 1 rings (SSSR count). The second-order valence-electron chi connectivity index (χ2n) is 2.66. The summed E-state index contributed by atoms with van der Waals surface area (Å²) in [6, 6.07) is 0. The molecule has 0 aromatic heterocycles. The Balaban J connectivity index is 2.98. The van der Waals surface area contributed by atoms with Gasteiger partial charge in [-0.05, 0) is 6.92 Å². The predicted molar refractivity (Wildman–Crippen MR) is 42.3 cm³/mol. The van der Waals surface area contributed by atoms with E-state index in [1.807, 2.05) is 0 Å². The molecule has 1 fully saturated rings. The molecule has 4 heteroatoms. The lowest BCUT2D eigenvalue weighted by Gasteiger charge is -2.48. The van der Waals surface area contributed by atoms with Crippen molar-refractivity contribution in [2.45, 2.75) is 24.1 Å². The second-order valence-corrected chi connectivity index (χ2v) is 4.05. The van der Waals surface area contributed by atoms with Gasteiger partial charge in [-0.2, -0.15) is 8.78 Å². The van der Waals surface area contributed by atoms with Crippen LogP contribution in [0.25, 0.3) is 0 Å². The molecule has 1 atom stereocenters. The number of rotatable bonds is 0. The van der Waals surface area contributed by atoms with E-state index in [2.05, 4.69) is 0 Å². The van der Waals surface area contributed by atoms with E-state index in [-0.39, 0.29) is 5.57 Å². The third-order valence-electron chi connectivity index (χ3n) is 2.10. The molecule has 0 aliphatic heterocycles. The molecule has 64 valence electrons. The minimum Gasteiger partial charge on any atom is -0.198 e. The maximum absolute atomic E-state index is 12.9. The molecule has 0 N–H and O–H groups in total. The fourth-order valence-electron chi connectivity index (χ4n) is 1.29. The Morgan fingerprint density at radius 3 is 2.09 bits per heavy atom. The molecule has 0 saturated heterocycles. The lowest BCUT2D eigenvalue weighted by molar-refractivity contribution is -0.0500. The van der Waals surface area contributed by atoms with Crippen LogP contribution in [0.2, 0.25) is 0 Å². The Morgan fingerprint density at radius 1 is 1.45 bits per heavy atom. The molecule has 0 unspecified atom stereocenters. The summed E-state index contributed by atoms with van der Waals surface area (Å²) in [5.74, 6) is -3.50. The quantitative estimate of drug-likeness (QED) is 0.416. The van der Waals surface area contributed by atoms with E-state index in [1.165, 1.54) is 6.08 Å². The Hall–Kier alpha value is 0.180. The SMILES string of the molecule is C/C=C1\[C@@H](C)C(Cl)(Cl)C1(F)F. The molecule has 11 heavy (non-hydrogen) atoms. The summed E-state index contributed by atoms with van der Waals surface area (Å²) in [5, 5.41) is 0. The molecule has 0 aromatic carbocycles. The van der Waals surface area contributed by atoms with Crippen molar-refractivity contribution in [3.05, 3.63) is 11.6 Å². The summed E-state index contributed by atoms with van der Waals surface area (Å²) in [6.45, 7) is 3.15.